The molecule has 0 saturated heterocycles. The summed E-state index contributed by atoms with van der Waals surface area (Å²) in [5, 5.41) is 14.0. The molecule has 1 heterocycles. The maximum absolute atomic E-state index is 12.5. The van der Waals surface area contributed by atoms with Gasteiger partial charge in [-0.1, -0.05) is 31.9 Å². The summed E-state index contributed by atoms with van der Waals surface area (Å²) in [6, 6.07) is 10.1. The highest BCUT2D eigenvalue weighted by Crippen LogP contribution is 2.38. The quantitative estimate of drug-likeness (QED) is 0.453. The smallest absolute Gasteiger partial charge is 0.286 e. The number of rotatable bonds is 7. The molecule has 1 aliphatic rings. The molecule has 3 rings (SSSR count). The van der Waals surface area contributed by atoms with Gasteiger partial charge in [0.2, 0.25) is 6.79 Å². The summed E-state index contributed by atoms with van der Waals surface area (Å²) in [5.74, 6) is 0.0328. The summed E-state index contributed by atoms with van der Waals surface area (Å²) in [7, 11) is 0. The number of nitrogens with one attached hydrogen (secondary N) is 1. The van der Waals surface area contributed by atoms with Gasteiger partial charge >= 0.3 is 0 Å². The van der Waals surface area contributed by atoms with Crippen LogP contribution in [0.25, 0.3) is 0 Å². The van der Waals surface area contributed by atoms with E-state index in [0.29, 0.717) is 11.4 Å². The fourth-order valence-corrected chi connectivity index (χ4v) is 2.80. The topological polar surface area (TPSA) is 90.7 Å². The van der Waals surface area contributed by atoms with Gasteiger partial charge < -0.3 is 14.8 Å². The van der Waals surface area contributed by atoms with Crippen molar-refractivity contribution in [1.29, 1.82) is 0 Å². The number of benzene rings is 2. The minimum Gasteiger partial charge on any atom is -0.454 e. The summed E-state index contributed by atoms with van der Waals surface area (Å²) in [6.45, 7) is 2.14. The lowest BCUT2D eigenvalue weighted by atomic mass is 10.1. The molecule has 0 atom stereocenters. The number of ether oxygens (including phenoxy) is 2. The molecule has 7 heteroatoms. The number of hydrogen-bond donors (Lipinski definition) is 1. The summed E-state index contributed by atoms with van der Waals surface area (Å²) in [5.41, 5.74) is 1.40. The Labute approximate surface area is 151 Å². The number of nitrogens with zero attached hydrogens (tertiary/aromatic N) is 1. The Morgan fingerprint density at radius 1 is 1.15 bits per heavy atom. The van der Waals surface area contributed by atoms with Crippen LogP contribution in [-0.2, 0) is 6.42 Å². The van der Waals surface area contributed by atoms with Crippen LogP contribution in [0.4, 0.5) is 11.4 Å². The van der Waals surface area contributed by atoms with Gasteiger partial charge in [0.15, 0.2) is 11.5 Å². The predicted octanol–water partition coefficient (Wildman–Crippen LogP) is 4.31. The second-order valence-electron chi connectivity index (χ2n) is 6.09. The number of aryl methyl sites for hydroxylation is 1. The SMILES string of the molecule is CCCCCc1ccc(NC(=O)c2cc3c(cc2[N+](=O)[O-])OCO3)cc1. The number of fused-ring (bicyclic) bond motifs is 1. The van der Waals surface area contributed by atoms with Crippen LogP contribution in [0.1, 0.15) is 42.1 Å². The van der Waals surface area contributed by atoms with Crippen molar-refractivity contribution in [2.45, 2.75) is 32.6 Å². The Hall–Kier alpha value is -3.09. The van der Waals surface area contributed by atoms with Crippen molar-refractivity contribution >= 4 is 17.3 Å². The molecule has 0 saturated carbocycles. The molecule has 0 spiro atoms. The fourth-order valence-electron chi connectivity index (χ4n) is 2.80. The first kappa shape index (κ1) is 17.7. The average molecular weight is 356 g/mol. The van der Waals surface area contributed by atoms with Crippen LogP contribution < -0.4 is 14.8 Å². The van der Waals surface area contributed by atoms with E-state index in [2.05, 4.69) is 12.2 Å². The highest BCUT2D eigenvalue weighted by molar-refractivity contribution is 6.07. The fraction of sp³-hybridized carbons (Fsp3) is 0.316. The van der Waals surface area contributed by atoms with Crippen molar-refractivity contribution < 1.29 is 19.2 Å². The molecule has 1 aliphatic heterocycles. The predicted molar refractivity (Wildman–Crippen MR) is 96.8 cm³/mol. The molecular formula is C19H20N2O5. The molecule has 1 amide bonds. The standard InChI is InChI=1S/C19H20N2O5/c1-2-3-4-5-13-6-8-14(9-7-13)20-19(22)15-10-17-18(26-12-25-17)11-16(15)21(23)24/h6-11H,2-5,12H2,1H3,(H,20,22). The van der Waals surface area contributed by atoms with Gasteiger partial charge in [0.05, 0.1) is 11.0 Å². The Balaban J connectivity index is 1.75. The molecule has 1 N–H and O–H groups in total. The minimum absolute atomic E-state index is 0.0168. The van der Waals surface area contributed by atoms with Crippen LogP contribution in [0.3, 0.4) is 0 Å². The van der Waals surface area contributed by atoms with Gasteiger partial charge in [-0.15, -0.1) is 0 Å². The van der Waals surface area contributed by atoms with Gasteiger partial charge in [0, 0.05) is 11.8 Å². The second-order valence-corrected chi connectivity index (χ2v) is 6.09. The van der Waals surface area contributed by atoms with Gasteiger partial charge in [-0.2, -0.15) is 0 Å². The van der Waals surface area contributed by atoms with E-state index in [-0.39, 0.29) is 23.8 Å². The molecule has 0 aromatic heterocycles. The highest BCUT2D eigenvalue weighted by atomic mass is 16.7. The van der Waals surface area contributed by atoms with E-state index < -0.39 is 10.8 Å². The molecular weight excluding hydrogens is 336 g/mol. The maximum Gasteiger partial charge on any atom is 0.286 e. The Kier molecular flexibility index (Phi) is 5.36. The van der Waals surface area contributed by atoms with Crippen LogP contribution in [0.15, 0.2) is 36.4 Å². The van der Waals surface area contributed by atoms with Gasteiger partial charge in [-0.3, -0.25) is 14.9 Å². The van der Waals surface area contributed by atoms with Crippen molar-refractivity contribution in [3.05, 3.63) is 57.6 Å². The van der Waals surface area contributed by atoms with Gasteiger partial charge in [-0.25, -0.2) is 0 Å². The van der Waals surface area contributed by atoms with Crippen molar-refractivity contribution in [3.63, 3.8) is 0 Å². The van der Waals surface area contributed by atoms with Crippen LogP contribution in [-0.4, -0.2) is 17.6 Å². The van der Waals surface area contributed by atoms with Gasteiger partial charge in [-0.05, 0) is 30.5 Å². The van der Waals surface area contributed by atoms with Crippen LogP contribution >= 0.6 is 0 Å². The number of carbonyl (C=O) groups is 1. The van der Waals surface area contributed by atoms with Crippen molar-refractivity contribution in [1.82, 2.24) is 0 Å². The summed E-state index contributed by atoms with van der Waals surface area (Å²) >= 11 is 0. The average Bonchev–Trinajstić information content (AvgIpc) is 3.09. The first-order chi connectivity index (χ1) is 12.6. The summed E-state index contributed by atoms with van der Waals surface area (Å²) in [6.07, 6.45) is 4.48. The summed E-state index contributed by atoms with van der Waals surface area (Å²) < 4.78 is 10.3. The van der Waals surface area contributed by atoms with Crippen LogP contribution in [0.2, 0.25) is 0 Å². The van der Waals surface area contributed by atoms with E-state index in [1.165, 1.54) is 30.5 Å². The molecule has 0 bridgehead atoms. The summed E-state index contributed by atoms with van der Waals surface area (Å²) in [4.78, 5) is 23.2. The van der Waals surface area contributed by atoms with E-state index in [1.54, 1.807) is 12.1 Å². The third-order valence-electron chi connectivity index (χ3n) is 4.21. The minimum atomic E-state index is -0.603. The zero-order valence-corrected chi connectivity index (χ0v) is 14.5. The Morgan fingerprint density at radius 2 is 1.85 bits per heavy atom. The third-order valence-corrected chi connectivity index (χ3v) is 4.21. The van der Waals surface area contributed by atoms with E-state index in [1.807, 2.05) is 12.1 Å². The van der Waals surface area contributed by atoms with Crippen molar-refractivity contribution in [2.24, 2.45) is 0 Å². The van der Waals surface area contributed by atoms with E-state index in [4.69, 9.17) is 9.47 Å². The lowest BCUT2D eigenvalue weighted by molar-refractivity contribution is -0.385. The van der Waals surface area contributed by atoms with Crippen molar-refractivity contribution in [2.75, 3.05) is 12.1 Å². The monoisotopic (exact) mass is 356 g/mol. The first-order valence-corrected chi connectivity index (χ1v) is 8.57. The molecule has 7 nitrogen and oxygen atoms in total. The number of carbonyl (C=O) groups excluding carboxylic acids is 1. The number of amides is 1. The molecule has 0 fully saturated rings. The van der Waals surface area contributed by atoms with E-state index >= 15 is 0 Å². The largest absolute Gasteiger partial charge is 0.454 e. The molecule has 2 aromatic carbocycles. The lowest BCUT2D eigenvalue weighted by Crippen LogP contribution is -2.14. The molecule has 0 aliphatic carbocycles. The van der Waals surface area contributed by atoms with Gasteiger partial charge in [0.1, 0.15) is 5.56 Å². The number of nitro benzene ring substituents is 1. The maximum atomic E-state index is 12.5. The zero-order valence-electron chi connectivity index (χ0n) is 14.5. The number of anilines is 1. The molecule has 0 radical (unpaired) electrons. The Morgan fingerprint density at radius 3 is 2.50 bits per heavy atom. The highest BCUT2D eigenvalue weighted by Gasteiger charge is 2.27. The number of unbranched alkanes of at least 4 members (excludes halogenated alkanes) is 2. The molecule has 2 aromatic rings. The molecule has 26 heavy (non-hydrogen) atoms. The third kappa shape index (κ3) is 3.93. The number of hydrogen-bond acceptors (Lipinski definition) is 5. The van der Waals surface area contributed by atoms with Crippen LogP contribution in [0.5, 0.6) is 11.5 Å². The first-order valence-electron chi connectivity index (χ1n) is 8.57. The van der Waals surface area contributed by atoms with Gasteiger partial charge in [0.25, 0.3) is 11.6 Å². The van der Waals surface area contributed by atoms with E-state index in [0.717, 1.165) is 12.8 Å². The molecule has 136 valence electrons. The molecule has 0 unspecified atom stereocenters. The lowest BCUT2D eigenvalue weighted by Gasteiger charge is -2.08. The number of nitro groups is 1. The normalized spacial score (nSPS) is 12.0. The van der Waals surface area contributed by atoms with E-state index in [9.17, 15) is 14.9 Å². The van der Waals surface area contributed by atoms with Crippen LogP contribution in [0, 0.1) is 10.1 Å². The second kappa shape index (κ2) is 7.86. The zero-order chi connectivity index (χ0) is 18.5. The van der Waals surface area contributed by atoms with Crippen molar-refractivity contribution in [3.8, 4) is 11.5 Å². The Bertz CT molecular complexity index is 817.